The Hall–Kier alpha value is -3.42. The van der Waals surface area contributed by atoms with E-state index in [0.29, 0.717) is 35.8 Å². The zero-order chi connectivity index (χ0) is 20.1. The molecule has 4 aromatic heterocycles. The minimum Gasteiger partial charge on any atom is -0.470 e. The lowest BCUT2D eigenvalue weighted by Gasteiger charge is -2.38. The SMILES string of the molecule is Cc1cccnc1COc1nn2c(-c3cnccn3)nnc2c2c1C1CCC2CC1. The number of aryl methyl sites for hydroxylation is 1. The van der Waals surface area contributed by atoms with Gasteiger partial charge in [0, 0.05) is 29.7 Å². The van der Waals surface area contributed by atoms with Gasteiger partial charge in [-0.2, -0.15) is 4.52 Å². The second-order valence-electron chi connectivity index (χ2n) is 8.09. The summed E-state index contributed by atoms with van der Waals surface area (Å²) in [6.45, 7) is 2.43. The van der Waals surface area contributed by atoms with Crippen molar-refractivity contribution < 1.29 is 4.74 Å². The molecular formula is C22H21N7O. The molecule has 0 unspecified atom stereocenters. The molecule has 1 saturated carbocycles. The monoisotopic (exact) mass is 399 g/mol. The minimum absolute atomic E-state index is 0.387. The molecule has 0 aromatic carbocycles. The third-order valence-electron chi connectivity index (χ3n) is 6.39. The molecule has 1 fully saturated rings. The number of fused-ring (bicyclic) bond motifs is 3. The van der Waals surface area contributed by atoms with E-state index in [1.807, 2.05) is 19.1 Å². The molecule has 0 radical (unpaired) electrons. The Bertz CT molecular complexity index is 1230. The van der Waals surface area contributed by atoms with E-state index < -0.39 is 0 Å². The summed E-state index contributed by atoms with van der Waals surface area (Å²) < 4.78 is 8.09. The fourth-order valence-electron chi connectivity index (χ4n) is 4.88. The highest BCUT2D eigenvalue weighted by molar-refractivity contribution is 5.63. The number of hydrogen-bond acceptors (Lipinski definition) is 7. The van der Waals surface area contributed by atoms with Gasteiger partial charge in [0.15, 0.2) is 5.65 Å². The predicted molar refractivity (Wildman–Crippen MR) is 109 cm³/mol. The lowest BCUT2D eigenvalue weighted by Crippen LogP contribution is -2.25. The van der Waals surface area contributed by atoms with Gasteiger partial charge in [-0.3, -0.25) is 9.97 Å². The Morgan fingerprint density at radius 2 is 1.83 bits per heavy atom. The fourth-order valence-corrected chi connectivity index (χ4v) is 4.88. The van der Waals surface area contributed by atoms with Gasteiger partial charge < -0.3 is 4.74 Å². The third-order valence-corrected chi connectivity index (χ3v) is 6.39. The van der Waals surface area contributed by atoms with Crippen LogP contribution in [0.3, 0.4) is 0 Å². The zero-order valence-corrected chi connectivity index (χ0v) is 16.7. The van der Waals surface area contributed by atoms with E-state index in [2.05, 4.69) is 25.1 Å². The topological polar surface area (TPSA) is 91.0 Å². The van der Waals surface area contributed by atoms with Crippen LogP contribution >= 0.6 is 0 Å². The second kappa shape index (κ2) is 6.83. The average molecular weight is 399 g/mol. The molecule has 0 spiro atoms. The second-order valence-corrected chi connectivity index (χ2v) is 8.09. The highest BCUT2D eigenvalue weighted by Gasteiger charge is 2.39. The Kier molecular flexibility index (Phi) is 3.97. The number of nitrogens with zero attached hydrogens (tertiary/aromatic N) is 7. The van der Waals surface area contributed by atoms with Crippen molar-refractivity contribution in [3.8, 4) is 17.4 Å². The van der Waals surface area contributed by atoms with Crippen LogP contribution in [0.1, 0.15) is 59.9 Å². The predicted octanol–water partition coefficient (Wildman–Crippen LogP) is 3.62. The summed E-state index contributed by atoms with van der Waals surface area (Å²) in [7, 11) is 0. The van der Waals surface area contributed by atoms with Gasteiger partial charge in [-0.25, -0.2) is 4.98 Å². The van der Waals surface area contributed by atoms with Gasteiger partial charge >= 0.3 is 0 Å². The van der Waals surface area contributed by atoms with Gasteiger partial charge in [0.25, 0.3) is 0 Å². The van der Waals surface area contributed by atoms with Crippen molar-refractivity contribution in [1.82, 2.24) is 34.8 Å². The quantitative estimate of drug-likeness (QED) is 0.517. The molecule has 3 aliphatic rings. The number of ether oxygens (including phenoxy) is 1. The maximum absolute atomic E-state index is 6.31. The number of rotatable bonds is 4. The van der Waals surface area contributed by atoms with Crippen LogP contribution in [0.2, 0.25) is 0 Å². The first-order valence-corrected chi connectivity index (χ1v) is 10.4. The highest BCUT2D eigenvalue weighted by atomic mass is 16.5. The number of pyridine rings is 1. The Labute approximate surface area is 173 Å². The van der Waals surface area contributed by atoms with Crippen molar-refractivity contribution in [3.63, 3.8) is 0 Å². The van der Waals surface area contributed by atoms with Gasteiger partial charge in [-0.1, -0.05) is 6.07 Å². The first-order valence-electron chi connectivity index (χ1n) is 10.4. The first-order chi connectivity index (χ1) is 14.8. The van der Waals surface area contributed by atoms with Gasteiger partial charge in [0.1, 0.15) is 12.3 Å². The molecule has 4 aromatic rings. The molecule has 0 atom stereocenters. The van der Waals surface area contributed by atoms with Gasteiger partial charge in [-0.05, 0) is 56.1 Å². The summed E-state index contributed by atoms with van der Waals surface area (Å²) in [5, 5.41) is 13.8. The molecule has 2 bridgehead atoms. The van der Waals surface area contributed by atoms with E-state index in [-0.39, 0.29) is 0 Å². The van der Waals surface area contributed by atoms with E-state index in [0.717, 1.165) is 16.9 Å². The normalized spacial score (nSPS) is 19.8. The summed E-state index contributed by atoms with van der Waals surface area (Å²) in [5.74, 6) is 2.20. The molecule has 0 aliphatic heterocycles. The van der Waals surface area contributed by atoms with Crippen molar-refractivity contribution in [3.05, 3.63) is 59.3 Å². The van der Waals surface area contributed by atoms with Crippen molar-refractivity contribution in [2.75, 3.05) is 0 Å². The van der Waals surface area contributed by atoms with E-state index in [1.54, 1.807) is 29.3 Å². The summed E-state index contributed by atoms with van der Waals surface area (Å²) in [5.41, 5.74) is 5.97. The van der Waals surface area contributed by atoms with Crippen LogP contribution in [0.4, 0.5) is 0 Å². The number of aromatic nitrogens is 7. The molecule has 0 N–H and O–H groups in total. The van der Waals surface area contributed by atoms with E-state index >= 15 is 0 Å². The van der Waals surface area contributed by atoms with Gasteiger partial charge in [0.2, 0.25) is 11.7 Å². The molecule has 8 nitrogen and oxygen atoms in total. The summed E-state index contributed by atoms with van der Waals surface area (Å²) in [4.78, 5) is 13.0. The van der Waals surface area contributed by atoms with Crippen LogP contribution in [0.5, 0.6) is 5.88 Å². The average Bonchev–Trinajstić information content (AvgIpc) is 3.23. The number of hydrogen-bond donors (Lipinski definition) is 0. The van der Waals surface area contributed by atoms with Crippen LogP contribution in [-0.4, -0.2) is 34.8 Å². The van der Waals surface area contributed by atoms with E-state index in [1.165, 1.54) is 36.8 Å². The zero-order valence-electron chi connectivity index (χ0n) is 16.7. The first kappa shape index (κ1) is 17.4. The van der Waals surface area contributed by atoms with Crippen molar-refractivity contribution in [1.29, 1.82) is 0 Å². The minimum atomic E-state index is 0.387. The smallest absolute Gasteiger partial charge is 0.236 e. The highest BCUT2D eigenvalue weighted by Crippen LogP contribution is 2.53. The Morgan fingerprint density at radius 1 is 1.00 bits per heavy atom. The summed E-state index contributed by atoms with van der Waals surface area (Å²) >= 11 is 0. The molecule has 0 amide bonds. The molecule has 7 rings (SSSR count). The standard InChI is InChI=1S/C22H21N7O/c1-13-3-2-8-24-17(13)12-30-22-19-15-6-4-14(5-7-15)18(19)21-27-26-20(29(21)28-22)16-11-23-9-10-25-16/h2-3,8-11,14-15H,4-7,12H2,1H3. The molecule has 3 aliphatic carbocycles. The van der Waals surface area contributed by atoms with Crippen molar-refractivity contribution in [2.24, 2.45) is 0 Å². The molecule has 8 heteroatoms. The van der Waals surface area contributed by atoms with Gasteiger partial charge in [-0.15, -0.1) is 15.3 Å². The van der Waals surface area contributed by atoms with E-state index in [9.17, 15) is 0 Å². The maximum Gasteiger partial charge on any atom is 0.236 e. The Balaban J connectivity index is 1.51. The van der Waals surface area contributed by atoms with Crippen LogP contribution in [0, 0.1) is 6.92 Å². The maximum atomic E-state index is 6.31. The third kappa shape index (κ3) is 2.67. The summed E-state index contributed by atoms with van der Waals surface area (Å²) in [6.07, 6.45) is 11.5. The lowest BCUT2D eigenvalue weighted by atomic mass is 9.67. The molecule has 30 heavy (non-hydrogen) atoms. The lowest BCUT2D eigenvalue weighted by molar-refractivity contribution is 0.264. The molecular weight excluding hydrogens is 378 g/mol. The van der Waals surface area contributed by atoms with Crippen LogP contribution < -0.4 is 4.74 Å². The summed E-state index contributed by atoms with van der Waals surface area (Å²) in [6, 6.07) is 3.99. The van der Waals surface area contributed by atoms with E-state index in [4.69, 9.17) is 9.84 Å². The fraction of sp³-hybridized carbons (Fsp3) is 0.364. The molecule has 0 saturated heterocycles. The van der Waals surface area contributed by atoms with Crippen LogP contribution in [0.25, 0.3) is 17.2 Å². The largest absolute Gasteiger partial charge is 0.470 e. The van der Waals surface area contributed by atoms with Crippen molar-refractivity contribution in [2.45, 2.75) is 51.0 Å². The molecule has 150 valence electrons. The Morgan fingerprint density at radius 3 is 2.60 bits per heavy atom. The molecule has 4 heterocycles. The van der Waals surface area contributed by atoms with Crippen LogP contribution in [-0.2, 0) is 6.61 Å². The van der Waals surface area contributed by atoms with Gasteiger partial charge in [0.05, 0.1) is 11.9 Å². The van der Waals surface area contributed by atoms with Crippen LogP contribution in [0.15, 0.2) is 36.9 Å². The van der Waals surface area contributed by atoms with Crippen molar-refractivity contribution >= 4 is 5.65 Å².